The van der Waals surface area contributed by atoms with Crippen LogP contribution in [-0.2, 0) is 11.2 Å². The van der Waals surface area contributed by atoms with Crippen LogP contribution in [0.3, 0.4) is 0 Å². The minimum absolute atomic E-state index is 0.0112. The molecule has 0 fully saturated rings. The number of amides is 1. The summed E-state index contributed by atoms with van der Waals surface area (Å²) in [5, 5.41) is 12.8. The van der Waals surface area contributed by atoms with E-state index in [0.717, 1.165) is 16.5 Å². The third-order valence-electron chi connectivity index (χ3n) is 4.17. The molecule has 0 spiro atoms. The molecular weight excluding hydrogens is 333 g/mol. The Hall–Kier alpha value is -3.46. The van der Waals surface area contributed by atoms with Gasteiger partial charge in [0.2, 0.25) is 5.91 Å². The standard InChI is InChI=1S/C20H16FN3O2/c1-12-3-2-4-13-9-14(19(25)24-18(12)13)10-15(11-22)20(26)23-17-7-5-16(21)6-8-17/h2-9,15H,10H2,1H3,(H,23,26)(H,24,25)/t15-/m0/s1. The second-order valence-electron chi connectivity index (χ2n) is 6.04. The zero-order valence-electron chi connectivity index (χ0n) is 14.0. The predicted octanol–water partition coefficient (Wildman–Crippen LogP) is 3.30. The van der Waals surface area contributed by atoms with Crippen molar-refractivity contribution >= 4 is 22.5 Å². The molecule has 1 amide bonds. The van der Waals surface area contributed by atoms with Crippen molar-refractivity contribution in [1.29, 1.82) is 5.26 Å². The summed E-state index contributed by atoms with van der Waals surface area (Å²) >= 11 is 0. The Labute approximate surface area is 149 Å². The van der Waals surface area contributed by atoms with Gasteiger partial charge >= 0.3 is 0 Å². The SMILES string of the molecule is Cc1cccc2cc(C[C@@H](C#N)C(=O)Nc3ccc(F)cc3)c(=O)[nH]c12. The first-order valence-electron chi connectivity index (χ1n) is 8.05. The second-order valence-corrected chi connectivity index (χ2v) is 6.04. The lowest BCUT2D eigenvalue weighted by atomic mass is 9.99. The van der Waals surface area contributed by atoms with Gasteiger partial charge in [-0.2, -0.15) is 5.26 Å². The molecule has 0 aliphatic carbocycles. The van der Waals surface area contributed by atoms with Gasteiger partial charge in [0.1, 0.15) is 11.7 Å². The number of aromatic amines is 1. The Balaban J connectivity index is 1.84. The maximum Gasteiger partial charge on any atom is 0.251 e. The molecule has 130 valence electrons. The molecule has 0 unspecified atom stereocenters. The maximum absolute atomic E-state index is 12.9. The number of para-hydroxylation sites is 1. The number of nitrogens with one attached hydrogen (secondary N) is 2. The summed E-state index contributed by atoms with van der Waals surface area (Å²) in [6, 6.07) is 14.5. The quantitative estimate of drug-likeness (QED) is 0.758. The van der Waals surface area contributed by atoms with Crippen molar-refractivity contribution < 1.29 is 9.18 Å². The van der Waals surface area contributed by atoms with Crippen molar-refractivity contribution in [2.45, 2.75) is 13.3 Å². The predicted molar refractivity (Wildman–Crippen MR) is 97.1 cm³/mol. The van der Waals surface area contributed by atoms with Crippen molar-refractivity contribution in [1.82, 2.24) is 4.98 Å². The van der Waals surface area contributed by atoms with E-state index < -0.39 is 17.6 Å². The summed E-state index contributed by atoms with van der Waals surface area (Å²) in [6.45, 7) is 1.90. The number of anilines is 1. The third kappa shape index (κ3) is 3.62. The van der Waals surface area contributed by atoms with Crippen molar-refractivity contribution in [3.8, 4) is 6.07 Å². The van der Waals surface area contributed by atoms with Gasteiger partial charge in [0.25, 0.3) is 5.56 Å². The molecular formula is C20H16FN3O2. The molecule has 0 saturated heterocycles. The van der Waals surface area contributed by atoms with Crippen LogP contribution in [0, 0.1) is 30.0 Å². The molecule has 2 N–H and O–H groups in total. The van der Waals surface area contributed by atoms with E-state index in [9.17, 15) is 19.2 Å². The lowest BCUT2D eigenvalue weighted by Gasteiger charge is -2.11. The molecule has 3 aromatic rings. The van der Waals surface area contributed by atoms with E-state index in [-0.39, 0.29) is 12.0 Å². The van der Waals surface area contributed by atoms with Crippen molar-refractivity contribution in [3.05, 3.63) is 75.8 Å². The maximum atomic E-state index is 12.9. The zero-order chi connectivity index (χ0) is 18.7. The number of benzene rings is 2. The number of carbonyl (C=O) groups is 1. The van der Waals surface area contributed by atoms with E-state index >= 15 is 0 Å². The van der Waals surface area contributed by atoms with E-state index in [2.05, 4.69) is 10.3 Å². The summed E-state index contributed by atoms with van der Waals surface area (Å²) in [5.74, 6) is -2.00. The highest BCUT2D eigenvalue weighted by atomic mass is 19.1. The van der Waals surface area contributed by atoms with Crippen molar-refractivity contribution in [3.63, 3.8) is 0 Å². The first-order valence-corrected chi connectivity index (χ1v) is 8.05. The number of nitrogens with zero attached hydrogens (tertiary/aromatic N) is 1. The second kappa shape index (κ2) is 7.19. The fourth-order valence-corrected chi connectivity index (χ4v) is 2.76. The largest absolute Gasteiger partial charge is 0.325 e. The molecule has 1 aromatic heterocycles. The van der Waals surface area contributed by atoms with Gasteiger partial charge in [-0.25, -0.2) is 4.39 Å². The minimum Gasteiger partial charge on any atom is -0.325 e. The van der Waals surface area contributed by atoms with E-state index in [1.807, 2.05) is 31.2 Å². The average Bonchev–Trinajstić information content (AvgIpc) is 2.62. The Kier molecular flexibility index (Phi) is 4.81. The summed E-state index contributed by atoms with van der Waals surface area (Å²) in [6.07, 6.45) is -0.0112. The number of pyridine rings is 1. The molecule has 1 heterocycles. The number of H-pyrrole nitrogens is 1. The van der Waals surface area contributed by atoms with Gasteiger partial charge in [-0.1, -0.05) is 18.2 Å². The van der Waals surface area contributed by atoms with Crippen LogP contribution in [0.25, 0.3) is 10.9 Å². The first kappa shape index (κ1) is 17.4. The van der Waals surface area contributed by atoms with Gasteiger partial charge in [0.05, 0.1) is 11.6 Å². The highest BCUT2D eigenvalue weighted by molar-refractivity contribution is 5.94. The lowest BCUT2D eigenvalue weighted by Crippen LogP contribution is -2.26. The smallest absolute Gasteiger partial charge is 0.251 e. The van der Waals surface area contributed by atoms with Gasteiger partial charge in [-0.05, 0) is 48.2 Å². The molecule has 3 rings (SSSR count). The summed E-state index contributed by atoms with van der Waals surface area (Å²) < 4.78 is 12.9. The van der Waals surface area contributed by atoms with Crippen molar-refractivity contribution in [2.75, 3.05) is 5.32 Å². The number of fused-ring (bicyclic) bond motifs is 1. The zero-order valence-corrected chi connectivity index (χ0v) is 14.0. The number of halogens is 1. The van der Waals surface area contributed by atoms with Gasteiger partial charge in [0.15, 0.2) is 0 Å². The van der Waals surface area contributed by atoms with E-state index in [0.29, 0.717) is 11.3 Å². The molecule has 2 aromatic carbocycles. The lowest BCUT2D eigenvalue weighted by molar-refractivity contribution is -0.118. The molecule has 0 radical (unpaired) electrons. The number of carbonyl (C=O) groups excluding carboxylic acids is 1. The fraction of sp³-hybridized carbons (Fsp3) is 0.150. The van der Waals surface area contributed by atoms with Crippen LogP contribution in [0.1, 0.15) is 11.1 Å². The molecule has 26 heavy (non-hydrogen) atoms. The normalized spacial score (nSPS) is 11.7. The molecule has 1 atom stereocenters. The summed E-state index contributed by atoms with van der Waals surface area (Å²) in [5.41, 5.74) is 2.12. The van der Waals surface area contributed by atoms with E-state index in [1.54, 1.807) is 6.07 Å². The molecule has 6 heteroatoms. The Morgan fingerprint density at radius 2 is 2.00 bits per heavy atom. The molecule has 0 aliphatic rings. The summed E-state index contributed by atoms with van der Waals surface area (Å²) in [7, 11) is 0. The first-order chi connectivity index (χ1) is 12.5. The van der Waals surface area contributed by atoms with Crippen LogP contribution in [0.4, 0.5) is 10.1 Å². The van der Waals surface area contributed by atoms with Crippen LogP contribution in [-0.4, -0.2) is 10.9 Å². The molecule has 0 bridgehead atoms. The van der Waals surface area contributed by atoms with Crippen LogP contribution < -0.4 is 10.9 Å². The van der Waals surface area contributed by atoms with Gasteiger partial charge in [-0.3, -0.25) is 9.59 Å². The monoisotopic (exact) mass is 349 g/mol. The number of hydrogen-bond donors (Lipinski definition) is 2. The van der Waals surface area contributed by atoms with Gasteiger partial charge < -0.3 is 10.3 Å². The topological polar surface area (TPSA) is 85.8 Å². The molecule has 0 aliphatic heterocycles. The Morgan fingerprint density at radius 3 is 2.69 bits per heavy atom. The van der Waals surface area contributed by atoms with Crippen molar-refractivity contribution in [2.24, 2.45) is 5.92 Å². The average molecular weight is 349 g/mol. The number of rotatable bonds is 4. The molecule has 5 nitrogen and oxygen atoms in total. The van der Waals surface area contributed by atoms with Crippen LogP contribution in [0.5, 0.6) is 0 Å². The minimum atomic E-state index is -1.04. The Bertz CT molecular complexity index is 1070. The third-order valence-corrected chi connectivity index (χ3v) is 4.17. The highest BCUT2D eigenvalue weighted by Crippen LogP contribution is 2.17. The number of hydrogen-bond acceptors (Lipinski definition) is 3. The number of nitriles is 1. The van der Waals surface area contributed by atoms with Crippen LogP contribution in [0.15, 0.2) is 53.3 Å². The van der Waals surface area contributed by atoms with Gasteiger partial charge in [-0.15, -0.1) is 0 Å². The number of aromatic nitrogens is 1. The van der Waals surface area contributed by atoms with Gasteiger partial charge in [0, 0.05) is 17.7 Å². The van der Waals surface area contributed by atoms with E-state index in [4.69, 9.17) is 0 Å². The summed E-state index contributed by atoms with van der Waals surface area (Å²) in [4.78, 5) is 27.5. The fourth-order valence-electron chi connectivity index (χ4n) is 2.76. The van der Waals surface area contributed by atoms with E-state index in [1.165, 1.54) is 24.3 Å². The highest BCUT2D eigenvalue weighted by Gasteiger charge is 2.20. The Morgan fingerprint density at radius 1 is 1.27 bits per heavy atom. The number of aryl methyl sites for hydroxylation is 1. The molecule has 0 saturated carbocycles. The van der Waals surface area contributed by atoms with Crippen LogP contribution >= 0.6 is 0 Å². The van der Waals surface area contributed by atoms with Crippen LogP contribution in [0.2, 0.25) is 0 Å².